The van der Waals surface area contributed by atoms with E-state index >= 15 is 0 Å². The summed E-state index contributed by atoms with van der Waals surface area (Å²) in [5, 5.41) is 0. The smallest absolute Gasteiger partial charge is 0.201 e. The molecule has 2 aromatic rings. The fourth-order valence-corrected chi connectivity index (χ4v) is 5.18. The van der Waals surface area contributed by atoms with Crippen molar-refractivity contribution in [2.24, 2.45) is 12.5 Å². The zero-order valence-electron chi connectivity index (χ0n) is 22.2. The molecule has 1 heteroatoms. The number of hydrogen-bond acceptors (Lipinski definition) is 0. The highest BCUT2D eigenvalue weighted by Gasteiger charge is 2.40. The predicted molar refractivity (Wildman–Crippen MR) is 135 cm³/mol. The average Bonchev–Trinajstić information content (AvgIpc) is 2.63. The Bertz CT molecular complexity index is 953. The molecular formula is C30H46N+. The van der Waals surface area contributed by atoms with Gasteiger partial charge in [-0.05, 0) is 77.0 Å². The van der Waals surface area contributed by atoms with Crippen LogP contribution in [0.4, 0.5) is 0 Å². The lowest BCUT2D eigenvalue weighted by atomic mass is 9.61. The molecule has 1 heterocycles. The summed E-state index contributed by atoms with van der Waals surface area (Å²) < 4.78 is 2.38. The molecule has 3 rings (SSSR count). The lowest BCUT2D eigenvalue weighted by Gasteiger charge is -2.43. The molecule has 0 amide bonds. The van der Waals surface area contributed by atoms with Crippen LogP contribution in [0.1, 0.15) is 110 Å². The third-order valence-electron chi connectivity index (χ3n) is 7.81. The minimum Gasteiger partial charge on any atom is -0.201 e. The topological polar surface area (TPSA) is 3.88 Å². The van der Waals surface area contributed by atoms with Gasteiger partial charge >= 0.3 is 0 Å². The Balaban J connectivity index is 2.14. The van der Waals surface area contributed by atoms with Gasteiger partial charge in [-0.25, -0.2) is 4.57 Å². The summed E-state index contributed by atoms with van der Waals surface area (Å²) in [6, 6.07) is 9.53. The Morgan fingerprint density at radius 2 is 1.39 bits per heavy atom. The first kappa shape index (κ1) is 24.0. The molecule has 1 nitrogen and oxygen atoms in total. The molecule has 1 aromatic carbocycles. The summed E-state index contributed by atoms with van der Waals surface area (Å²) >= 11 is 0. The van der Waals surface area contributed by atoms with Crippen LogP contribution in [0.25, 0.3) is 11.3 Å². The summed E-state index contributed by atoms with van der Waals surface area (Å²) in [4.78, 5) is 0. The van der Waals surface area contributed by atoms with E-state index in [2.05, 4.69) is 111 Å². The molecule has 0 bridgehead atoms. The van der Waals surface area contributed by atoms with Gasteiger partial charge in [0.15, 0.2) is 6.20 Å². The molecule has 0 aliphatic heterocycles. The summed E-state index contributed by atoms with van der Waals surface area (Å²) in [5.41, 5.74) is 9.56. The van der Waals surface area contributed by atoms with Gasteiger partial charge in [0, 0.05) is 17.2 Å². The van der Waals surface area contributed by atoms with Crippen LogP contribution in [0.3, 0.4) is 0 Å². The highest BCUT2D eigenvalue weighted by molar-refractivity contribution is 5.63. The molecular weight excluding hydrogens is 374 g/mol. The Kier molecular flexibility index (Phi) is 6.00. The number of nitrogens with zero attached hydrogens (tertiary/aromatic N) is 1. The van der Waals surface area contributed by atoms with Crippen LogP contribution in [-0.2, 0) is 23.3 Å². The van der Waals surface area contributed by atoms with E-state index in [9.17, 15) is 0 Å². The van der Waals surface area contributed by atoms with Crippen molar-refractivity contribution < 1.29 is 4.57 Å². The van der Waals surface area contributed by atoms with Crippen LogP contribution in [0.5, 0.6) is 0 Å². The third kappa shape index (κ3) is 4.91. The van der Waals surface area contributed by atoms with Crippen LogP contribution in [0.15, 0.2) is 30.5 Å². The number of aromatic nitrogens is 1. The average molecular weight is 421 g/mol. The van der Waals surface area contributed by atoms with Gasteiger partial charge in [0.05, 0.1) is 0 Å². The molecule has 0 spiro atoms. The van der Waals surface area contributed by atoms with Crippen LogP contribution >= 0.6 is 0 Å². The van der Waals surface area contributed by atoms with Crippen LogP contribution in [0, 0.1) is 12.3 Å². The Morgan fingerprint density at radius 1 is 0.806 bits per heavy atom. The fraction of sp³-hybridized carbons (Fsp3) is 0.633. The fourth-order valence-electron chi connectivity index (χ4n) is 5.18. The molecule has 0 saturated heterocycles. The maximum Gasteiger partial charge on any atom is 0.212 e. The van der Waals surface area contributed by atoms with Crippen molar-refractivity contribution in [2.75, 3.05) is 0 Å². The molecule has 0 unspecified atom stereocenters. The third-order valence-corrected chi connectivity index (χ3v) is 7.81. The highest BCUT2D eigenvalue weighted by Crippen LogP contribution is 2.48. The summed E-state index contributed by atoms with van der Waals surface area (Å²) in [6.07, 6.45) is 7.65. The number of hydrogen-bond donors (Lipinski definition) is 0. The normalized spacial score (nSPS) is 18.8. The van der Waals surface area contributed by atoms with E-state index in [1.807, 2.05) is 0 Å². The largest absolute Gasteiger partial charge is 0.212 e. The number of aryl methyl sites for hydroxylation is 2. The quantitative estimate of drug-likeness (QED) is 0.434. The molecule has 1 fully saturated rings. The zero-order chi connectivity index (χ0) is 23.4. The molecule has 0 atom stereocenters. The van der Waals surface area contributed by atoms with Gasteiger partial charge in [-0.15, -0.1) is 0 Å². The summed E-state index contributed by atoms with van der Waals surface area (Å²) in [7, 11) is 2.23. The first-order valence-electron chi connectivity index (χ1n) is 12.2. The summed E-state index contributed by atoms with van der Waals surface area (Å²) in [5.74, 6) is 0. The minimum absolute atomic E-state index is 0.119. The summed E-state index contributed by atoms with van der Waals surface area (Å²) in [6.45, 7) is 23.6. The Morgan fingerprint density at radius 3 is 1.87 bits per heavy atom. The second-order valence-electron chi connectivity index (χ2n) is 13.4. The first-order valence-corrected chi connectivity index (χ1v) is 12.2. The van der Waals surface area contributed by atoms with E-state index in [0.29, 0.717) is 5.41 Å². The van der Waals surface area contributed by atoms with Crippen molar-refractivity contribution in [3.63, 3.8) is 0 Å². The predicted octanol–water partition coefficient (Wildman–Crippen LogP) is 7.94. The van der Waals surface area contributed by atoms with Crippen molar-refractivity contribution in [2.45, 2.75) is 111 Å². The number of rotatable bonds is 2. The lowest BCUT2D eigenvalue weighted by molar-refractivity contribution is -0.661. The van der Waals surface area contributed by atoms with E-state index in [4.69, 9.17) is 0 Å². The van der Waals surface area contributed by atoms with Crippen molar-refractivity contribution in [3.05, 3.63) is 52.7 Å². The SMILES string of the molecule is Cc1cc(C(C)(C)C)ccc1-c1cc(C(C)(C)C)c(C2(C)CCC(C)(C)CC2)c[n+]1C. The molecule has 0 radical (unpaired) electrons. The monoisotopic (exact) mass is 420 g/mol. The van der Waals surface area contributed by atoms with Crippen molar-refractivity contribution >= 4 is 0 Å². The van der Waals surface area contributed by atoms with Crippen molar-refractivity contribution in [3.8, 4) is 11.3 Å². The van der Waals surface area contributed by atoms with Gasteiger partial charge in [0.25, 0.3) is 0 Å². The van der Waals surface area contributed by atoms with Gasteiger partial charge in [-0.2, -0.15) is 0 Å². The standard InChI is InChI=1S/C30H46N/c1-21-18-22(27(2,3)4)12-13-23(21)26-19-24(28(5,6)7)25(20-31(26)11)30(10)16-14-29(8,9)15-17-30/h12-13,18-20H,14-17H2,1-11H3/q+1. The zero-order valence-corrected chi connectivity index (χ0v) is 22.2. The number of pyridine rings is 1. The van der Waals surface area contributed by atoms with Crippen LogP contribution in [-0.4, -0.2) is 0 Å². The highest BCUT2D eigenvalue weighted by atomic mass is 14.9. The molecule has 1 aromatic heterocycles. The van der Waals surface area contributed by atoms with Gasteiger partial charge in [0.1, 0.15) is 7.05 Å². The molecule has 170 valence electrons. The maximum atomic E-state index is 2.51. The molecule has 1 aliphatic carbocycles. The van der Waals surface area contributed by atoms with Gasteiger partial charge < -0.3 is 0 Å². The van der Waals surface area contributed by atoms with E-state index in [1.165, 1.54) is 53.6 Å². The van der Waals surface area contributed by atoms with E-state index in [1.54, 1.807) is 5.56 Å². The van der Waals surface area contributed by atoms with E-state index in [0.717, 1.165) is 0 Å². The van der Waals surface area contributed by atoms with Crippen LogP contribution in [0.2, 0.25) is 0 Å². The number of benzene rings is 1. The molecule has 1 aliphatic rings. The lowest BCUT2D eigenvalue weighted by Crippen LogP contribution is -2.40. The first-order chi connectivity index (χ1) is 14.0. The maximum absolute atomic E-state index is 2.51. The Labute approximate surface area is 192 Å². The molecule has 0 N–H and O–H groups in total. The van der Waals surface area contributed by atoms with Gasteiger partial charge in [-0.3, -0.25) is 0 Å². The second-order valence-corrected chi connectivity index (χ2v) is 13.4. The van der Waals surface area contributed by atoms with E-state index in [-0.39, 0.29) is 16.2 Å². The second kappa shape index (κ2) is 7.75. The van der Waals surface area contributed by atoms with E-state index < -0.39 is 0 Å². The van der Waals surface area contributed by atoms with Gasteiger partial charge in [-0.1, -0.05) is 74.4 Å². The Hall–Kier alpha value is -1.63. The molecule has 31 heavy (non-hydrogen) atoms. The molecule has 1 saturated carbocycles. The minimum atomic E-state index is 0.119. The van der Waals surface area contributed by atoms with Crippen molar-refractivity contribution in [1.29, 1.82) is 0 Å². The van der Waals surface area contributed by atoms with Crippen molar-refractivity contribution in [1.82, 2.24) is 0 Å². The van der Waals surface area contributed by atoms with Gasteiger partial charge in [0.2, 0.25) is 5.69 Å². The van der Waals surface area contributed by atoms with Crippen LogP contribution < -0.4 is 4.57 Å².